The summed E-state index contributed by atoms with van der Waals surface area (Å²) >= 11 is 0. The van der Waals surface area contributed by atoms with Gasteiger partial charge in [0.2, 0.25) is 0 Å². The first-order valence-corrected chi connectivity index (χ1v) is 5.83. The predicted molar refractivity (Wildman–Crippen MR) is 60.0 cm³/mol. The largest absolute Gasteiger partial charge is 0.480 e. The Kier molecular flexibility index (Phi) is 5.05. The molecule has 1 saturated heterocycles. The lowest BCUT2D eigenvalue weighted by Crippen LogP contribution is -2.52. The van der Waals surface area contributed by atoms with Crippen LogP contribution in [0.4, 0.5) is 0 Å². The van der Waals surface area contributed by atoms with E-state index < -0.39 is 5.97 Å². The van der Waals surface area contributed by atoms with E-state index in [0.717, 1.165) is 25.9 Å². The minimum absolute atomic E-state index is 0.302. The second-order valence-corrected chi connectivity index (χ2v) is 4.21. The van der Waals surface area contributed by atoms with Crippen LogP contribution < -0.4 is 5.32 Å². The molecule has 1 rings (SSSR count). The zero-order chi connectivity index (χ0) is 11.3. The molecule has 4 nitrogen and oxygen atoms in total. The van der Waals surface area contributed by atoms with E-state index in [1.807, 2.05) is 14.0 Å². The highest BCUT2D eigenvalue weighted by molar-refractivity contribution is 5.73. The Bertz CT molecular complexity index is 207. The van der Waals surface area contributed by atoms with Crippen LogP contribution in [0.15, 0.2) is 0 Å². The van der Waals surface area contributed by atoms with Gasteiger partial charge in [-0.3, -0.25) is 9.69 Å². The molecule has 0 bridgehead atoms. The maximum Gasteiger partial charge on any atom is 0.320 e. The van der Waals surface area contributed by atoms with E-state index in [1.165, 1.54) is 6.42 Å². The van der Waals surface area contributed by atoms with Crippen molar-refractivity contribution in [3.8, 4) is 0 Å². The van der Waals surface area contributed by atoms with Crippen LogP contribution in [0, 0.1) is 0 Å². The van der Waals surface area contributed by atoms with Gasteiger partial charge in [0.1, 0.15) is 6.04 Å². The van der Waals surface area contributed by atoms with Crippen molar-refractivity contribution in [3.05, 3.63) is 0 Å². The fraction of sp³-hybridized carbons (Fsp3) is 0.909. The third-order valence-electron chi connectivity index (χ3n) is 3.18. The molecule has 0 radical (unpaired) electrons. The van der Waals surface area contributed by atoms with Crippen LogP contribution in [0.25, 0.3) is 0 Å². The molecule has 0 aromatic carbocycles. The molecule has 0 amide bonds. The van der Waals surface area contributed by atoms with Gasteiger partial charge in [0.05, 0.1) is 0 Å². The van der Waals surface area contributed by atoms with Crippen molar-refractivity contribution >= 4 is 5.97 Å². The Morgan fingerprint density at radius 2 is 2.33 bits per heavy atom. The SMILES string of the molecule is CCC(C(=O)O)N1CCCCC1CNC. The lowest BCUT2D eigenvalue weighted by atomic mass is 9.98. The second-order valence-electron chi connectivity index (χ2n) is 4.21. The van der Waals surface area contributed by atoms with E-state index in [2.05, 4.69) is 10.2 Å². The summed E-state index contributed by atoms with van der Waals surface area (Å²) in [6, 6.07) is 0.0912. The number of aliphatic carboxylic acids is 1. The fourth-order valence-corrected chi connectivity index (χ4v) is 2.44. The highest BCUT2D eigenvalue weighted by Crippen LogP contribution is 2.20. The van der Waals surface area contributed by atoms with Crippen LogP contribution in [0.5, 0.6) is 0 Å². The number of carboxylic acid groups (broad SMARTS) is 1. The van der Waals surface area contributed by atoms with E-state index >= 15 is 0 Å². The smallest absolute Gasteiger partial charge is 0.320 e. The van der Waals surface area contributed by atoms with Gasteiger partial charge in [-0.05, 0) is 32.9 Å². The molecule has 2 N–H and O–H groups in total. The standard InChI is InChI=1S/C11H22N2O2/c1-3-10(11(14)15)13-7-5-4-6-9(13)8-12-2/h9-10,12H,3-8H2,1-2H3,(H,14,15). The molecule has 0 saturated carbocycles. The number of nitrogens with one attached hydrogen (secondary N) is 1. The van der Waals surface area contributed by atoms with Gasteiger partial charge in [-0.1, -0.05) is 13.3 Å². The van der Waals surface area contributed by atoms with Crippen molar-refractivity contribution in [1.29, 1.82) is 0 Å². The van der Waals surface area contributed by atoms with E-state index in [-0.39, 0.29) is 6.04 Å². The van der Waals surface area contributed by atoms with Gasteiger partial charge >= 0.3 is 5.97 Å². The summed E-state index contributed by atoms with van der Waals surface area (Å²) in [5.74, 6) is -0.680. The van der Waals surface area contributed by atoms with Gasteiger partial charge in [0.25, 0.3) is 0 Å². The average Bonchev–Trinajstić information content (AvgIpc) is 2.21. The number of likely N-dealkylation sites (N-methyl/N-ethyl adjacent to an activating group) is 1. The van der Waals surface area contributed by atoms with Gasteiger partial charge in [0, 0.05) is 12.6 Å². The number of hydrogen-bond donors (Lipinski definition) is 2. The first-order chi connectivity index (χ1) is 7.20. The second kappa shape index (κ2) is 6.08. The molecule has 1 aliphatic heterocycles. The van der Waals surface area contributed by atoms with Crippen molar-refractivity contribution in [1.82, 2.24) is 10.2 Å². The van der Waals surface area contributed by atoms with Crippen molar-refractivity contribution in [3.63, 3.8) is 0 Å². The summed E-state index contributed by atoms with van der Waals surface area (Å²) in [6.07, 6.45) is 4.16. The van der Waals surface area contributed by atoms with Crippen LogP contribution in [-0.2, 0) is 4.79 Å². The van der Waals surface area contributed by atoms with Crippen LogP contribution in [0.3, 0.4) is 0 Å². The first kappa shape index (κ1) is 12.5. The first-order valence-electron chi connectivity index (χ1n) is 5.83. The Morgan fingerprint density at radius 3 is 2.87 bits per heavy atom. The summed E-state index contributed by atoms with van der Waals surface area (Å²) in [6.45, 7) is 3.77. The lowest BCUT2D eigenvalue weighted by Gasteiger charge is -2.39. The van der Waals surface area contributed by atoms with Gasteiger partial charge in [-0.15, -0.1) is 0 Å². The molecule has 2 unspecified atom stereocenters. The Morgan fingerprint density at radius 1 is 1.60 bits per heavy atom. The van der Waals surface area contributed by atoms with E-state index in [4.69, 9.17) is 5.11 Å². The number of hydrogen-bond acceptors (Lipinski definition) is 3. The third-order valence-corrected chi connectivity index (χ3v) is 3.18. The number of carboxylic acids is 1. The summed E-state index contributed by atoms with van der Waals surface area (Å²) in [5, 5.41) is 12.3. The number of nitrogens with zero attached hydrogens (tertiary/aromatic N) is 1. The zero-order valence-corrected chi connectivity index (χ0v) is 9.70. The van der Waals surface area contributed by atoms with Crippen molar-refractivity contribution in [2.45, 2.75) is 44.7 Å². The fourth-order valence-electron chi connectivity index (χ4n) is 2.44. The number of piperidine rings is 1. The summed E-state index contributed by atoms with van der Waals surface area (Å²) in [5.41, 5.74) is 0. The van der Waals surface area contributed by atoms with E-state index in [1.54, 1.807) is 0 Å². The average molecular weight is 214 g/mol. The van der Waals surface area contributed by atoms with Crippen molar-refractivity contribution in [2.75, 3.05) is 20.1 Å². The topological polar surface area (TPSA) is 52.6 Å². The number of rotatable bonds is 5. The minimum atomic E-state index is -0.680. The summed E-state index contributed by atoms with van der Waals surface area (Å²) < 4.78 is 0. The van der Waals surface area contributed by atoms with Gasteiger partial charge in [0.15, 0.2) is 0 Å². The highest BCUT2D eigenvalue weighted by atomic mass is 16.4. The van der Waals surface area contributed by atoms with Gasteiger partial charge < -0.3 is 10.4 Å². The molecule has 0 spiro atoms. The minimum Gasteiger partial charge on any atom is -0.480 e. The van der Waals surface area contributed by atoms with Gasteiger partial charge in [-0.25, -0.2) is 0 Å². The third kappa shape index (κ3) is 3.18. The molecule has 1 fully saturated rings. The van der Waals surface area contributed by atoms with Crippen LogP contribution in [-0.4, -0.2) is 48.2 Å². The molecular formula is C11H22N2O2. The number of carbonyl (C=O) groups is 1. The molecule has 0 aromatic rings. The van der Waals surface area contributed by atoms with Crippen LogP contribution in [0.2, 0.25) is 0 Å². The molecule has 2 atom stereocenters. The Balaban J connectivity index is 2.64. The molecule has 1 aliphatic rings. The van der Waals surface area contributed by atoms with E-state index in [0.29, 0.717) is 12.5 Å². The Labute approximate surface area is 91.6 Å². The maximum atomic E-state index is 11.1. The molecule has 0 aliphatic carbocycles. The van der Waals surface area contributed by atoms with Crippen LogP contribution >= 0.6 is 0 Å². The molecule has 1 heterocycles. The summed E-state index contributed by atoms with van der Waals surface area (Å²) in [4.78, 5) is 13.3. The van der Waals surface area contributed by atoms with Crippen molar-refractivity contribution in [2.24, 2.45) is 0 Å². The Hall–Kier alpha value is -0.610. The zero-order valence-electron chi connectivity index (χ0n) is 9.70. The normalized spacial score (nSPS) is 25.1. The molecule has 15 heavy (non-hydrogen) atoms. The van der Waals surface area contributed by atoms with Crippen LogP contribution in [0.1, 0.15) is 32.6 Å². The molecule has 4 heteroatoms. The monoisotopic (exact) mass is 214 g/mol. The van der Waals surface area contributed by atoms with Gasteiger partial charge in [-0.2, -0.15) is 0 Å². The predicted octanol–water partition coefficient (Wildman–Crippen LogP) is 0.923. The highest BCUT2D eigenvalue weighted by Gasteiger charge is 2.31. The molecule has 0 aromatic heterocycles. The maximum absolute atomic E-state index is 11.1. The van der Waals surface area contributed by atoms with Crippen molar-refractivity contribution < 1.29 is 9.90 Å². The number of likely N-dealkylation sites (tertiary alicyclic amines) is 1. The molecular weight excluding hydrogens is 192 g/mol. The lowest BCUT2D eigenvalue weighted by molar-refractivity contribution is -0.145. The van der Waals surface area contributed by atoms with E-state index in [9.17, 15) is 4.79 Å². The molecule has 88 valence electrons. The summed E-state index contributed by atoms with van der Waals surface area (Å²) in [7, 11) is 1.93. The quantitative estimate of drug-likeness (QED) is 0.714.